The van der Waals surface area contributed by atoms with Gasteiger partial charge in [0.15, 0.2) is 11.6 Å². The Balaban J connectivity index is 2.66. The molecule has 19 heavy (non-hydrogen) atoms. The number of alkyl halides is 1. The molecule has 0 unspecified atom stereocenters. The maximum Gasteiger partial charge on any atom is 0.152 e. The van der Waals surface area contributed by atoms with E-state index in [9.17, 15) is 8.78 Å². The van der Waals surface area contributed by atoms with Crippen LogP contribution in [0.15, 0.2) is 12.1 Å². The first-order chi connectivity index (χ1) is 8.99. The molecule has 0 radical (unpaired) electrons. The smallest absolute Gasteiger partial charge is 0.152 e. The maximum absolute atomic E-state index is 14.0. The van der Waals surface area contributed by atoms with Crippen molar-refractivity contribution in [2.45, 2.75) is 33.1 Å². The summed E-state index contributed by atoms with van der Waals surface area (Å²) in [6, 6.07) is 2.49. The lowest BCUT2D eigenvalue weighted by molar-refractivity contribution is 0.555. The Bertz CT molecular complexity index is 597. The lowest BCUT2D eigenvalue weighted by Gasteiger charge is -2.09. The molecule has 1 aromatic heterocycles. The third-order valence-electron chi connectivity index (χ3n) is 3.24. The number of hydrogen-bond acceptors (Lipinski definition) is 1. The van der Waals surface area contributed by atoms with Gasteiger partial charge in [-0.1, -0.05) is 6.92 Å². The first kappa shape index (κ1) is 14.0. The number of aryl methyl sites for hydroxylation is 1. The molecule has 0 aliphatic rings. The van der Waals surface area contributed by atoms with E-state index >= 15 is 0 Å². The molecule has 0 amide bonds. The highest BCUT2D eigenvalue weighted by Crippen LogP contribution is 2.24. The largest absolute Gasteiger partial charge is 0.232 e. The van der Waals surface area contributed by atoms with E-state index in [1.54, 1.807) is 0 Å². The highest BCUT2D eigenvalue weighted by Gasteiger charge is 2.18. The van der Waals surface area contributed by atoms with Gasteiger partial charge in [-0.25, -0.2) is 13.5 Å². The Hall–Kier alpha value is -1.42. The molecular formula is C14H15ClF2N2. The van der Waals surface area contributed by atoms with Crippen LogP contribution in [0.2, 0.25) is 0 Å². The minimum Gasteiger partial charge on any atom is -0.232 e. The van der Waals surface area contributed by atoms with Crippen LogP contribution in [-0.4, -0.2) is 9.78 Å². The summed E-state index contributed by atoms with van der Waals surface area (Å²) in [4.78, 5) is 0. The van der Waals surface area contributed by atoms with Crippen LogP contribution in [0, 0.1) is 25.5 Å². The van der Waals surface area contributed by atoms with E-state index in [-0.39, 0.29) is 11.6 Å². The number of aromatic nitrogens is 2. The number of benzene rings is 1. The van der Waals surface area contributed by atoms with E-state index in [0.717, 1.165) is 23.4 Å². The van der Waals surface area contributed by atoms with Gasteiger partial charge < -0.3 is 0 Å². The second-order valence-corrected chi connectivity index (χ2v) is 4.72. The van der Waals surface area contributed by atoms with Crippen LogP contribution in [0.3, 0.4) is 0 Å². The van der Waals surface area contributed by atoms with Gasteiger partial charge in [0.25, 0.3) is 0 Å². The van der Waals surface area contributed by atoms with Crippen LogP contribution in [0.25, 0.3) is 5.69 Å². The van der Waals surface area contributed by atoms with Gasteiger partial charge in [0.2, 0.25) is 0 Å². The molecule has 0 aliphatic heterocycles. The van der Waals surface area contributed by atoms with Crippen LogP contribution < -0.4 is 0 Å². The molecule has 0 saturated heterocycles. The lowest BCUT2D eigenvalue weighted by Crippen LogP contribution is -2.06. The van der Waals surface area contributed by atoms with E-state index < -0.39 is 11.6 Å². The van der Waals surface area contributed by atoms with E-state index in [1.165, 1.54) is 16.8 Å². The molecule has 0 spiro atoms. The predicted molar refractivity (Wildman–Crippen MR) is 71.9 cm³/mol. The van der Waals surface area contributed by atoms with Crippen molar-refractivity contribution in [2.75, 3.05) is 0 Å². The molecule has 0 bridgehead atoms. The summed E-state index contributed by atoms with van der Waals surface area (Å²) in [6.45, 7) is 5.64. The van der Waals surface area contributed by atoms with Crippen molar-refractivity contribution < 1.29 is 8.78 Å². The minimum absolute atomic E-state index is 0.0748. The van der Waals surface area contributed by atoms with Crippen molar-refractivity contribution in [1.82, 2.24) is 9.78 Å². The SMILES string of the molecule is CCc1c(C)nn(-c2c(F)cc(CCl)cc2F)c1C. The molecule has 0 saturated carbocycles. The standard InChI is InChI=1S/C14H15ClF2N2/c1-4-11-8(2)18-19(9(11)3)14-12(16)5-10(7-15)6-13(14)17/h5-6H,4,7H2,1-3H3. The van der Waals surface area contributed by atoms with Crippen LogP contribution in [-0.2, 0) is 12.3 Å². The second-order valence-electron chi connectivity index (χ2n) is 4.46. The summed E-state index contributed by atoms with van der Waals surface area (Å²) in [5, 5.41) is 4.23. The lowest BCUT2D eigenvalue weighted by atomic mass is 10.1. The van der Waals surface area contributed by atoms with E-state index in [4.69, 9.17) is 11.6 Å². The molecule has 0 atom stereocenters. The number of nitrogens with zero attached hydrogens (tertiary/aromatic N) is 2. The monoisotopic (exact) mass is 284 g/mol. The predicted octanol–water partition coefficient (Wildman–Crippen LogP) is 4.07. The van der Waals surface area contributed by atoms with Gasteiger partial charge in [-0.05, 0) is 43.5 Å². The van der Waals surface area contributed by atoms with Gasteiger partial charge in [-0.3, -0.25) is 0 Å². The maximum atomic E-state index is 14.0. The molecule has 102 valence electrons. The van der Waals surface area contributed by atoms with Crippen LogP contribution in [0.4, 0.5) is 8.78 Å². The van der Waals surface area contributed by atoms with Crippen molar-refractivity contribution in [3.63, 3.8) is 0 Å². The summed E-state index contributed by atoms with van der Waals surface area (Å²) in [5.41, 5.74) is 2.84. The van der Waals surface area contributed by atoms with E-state index in [2.05, 4.69) is 5.10 Å². The Morgan fingerprint density at radius 2 is 1.79 bits per heavy atom. The Morgan fingerprint density at radius 3 is 2.21 bits per heavy atom. The highest BCUT2D eigenvalue weighted by atomic mass is 35.5. The number of rotatable bonds is 3. The van der Waals surface area contributed by atoms with Crippen molar-refractivity contribution in [3.8, 4) is 5.69 Å². The molecule has 0 fully saturated rings. The summed E-state index contributed by atoms with van der Waals surface area (Å²) in [6.07, 6.45) is 0.778. The molecule has 5 heteroatoms. The molecule has 2 nitrogen and oxygen atoms in total. The Morgan fingerprint density at radius 1 is 1.21 bits per heavy atom. The quantitative estimate of drug-likeness (QED) is 0.777. The number of hydrogen-bond donors (Lipinski definition) is 0. The van der Waals surface area contributed by atoms with Gasteiger partial charge in [0.05, 0.1) is 5.69 Å². The molecule has 1 aromatic carbocycles. The zero-order valence-electron chi connectivity index (χ0n) is 11.1. The molecule has 2 rings (SSSR count). The third-order valence-corrected chi connectivity index (χ3v) is 3.55. The zero-order chi connectivity index (χ0) is 14.2. The molecule has 0 N–H and O–H groups in total. The molecule has 0 aliphatic carbocycles. The zero-order valence-corrected chi connectivity index (χ0v) is 11.9. The van der Waals surface area contributed by atoms with Gasteiger partial charge in [0, 0.05) is 11.6 Å². The van der Waals surface area contributed by atoms with Crippen molar-refractivity contribution in [2.24, 2.45) is 0 Å². The fourth-order valence-corrected chi connectivity index (χ4v) is 2.46. The van der Waals surface area contributed by atoms with Crippen LogP contribution in [0.1, 0.15) is 29.4 Å². The van der Waals surface area contributed by atoms with Gasteiger partial charge in [0.1, 0.15) is 5.69 Å². The first-order valence-corrected chi connectivity index (χ1v) is 6.62. The van der Waals surface area contributed by atoms with Gasteiger partial charge >= 0.3 is 0 Å². The summed E-state index contributed by atoms with van der Waals surface area (Å²) >= 11 is 5.60. The normalized spacial score (nSPS) is 11.1. The Labute approximate surface area is 116 Å². The highest BCUT2D eigenvalue weighted by molar-refractivity contribution is 6.17. The summed E-state index contributed by atoms with van der Waals surface area (Å²) in [5.74, 6) is -1.22. The third kappa shape index (κ3) is 2.37. The Kier molecular flexibility index (Phi) is 3.90. The number of halogens is 3. The van der Waals surface area contributed by atoms with Gasteiger partial charge in [-0.2, -0.15) is 5.10 Å². The summed E-state index contributed by atoms with van der Waals surface area (Å²) in [7, 11) is 0. The van der Waals surface area contributed by atoms with Crippen LogP contribution in [0.5, 0.6) is 0 Å². The van der Waals surface area contributed by atoms with Crippen molar-refractivity contribution in [1.29, 1.82) is 0 Å². The minimum atomic E-state index is -0.649. The first-order valence-electron chi connectivity index (χ1n) is 6.08. The van der Waals surface area contributed by atoms with Crippen molar-refractivity contribution >= 4 is 11.6 Å². The van der Waals surface area contributed by atoms with E-state index in [1.807, 2.05) is 20.8 Å². The topological polar surface area (TPSA) is 17.8 Å². The fourth-order valence-electron chi connectivity index (χ4n) is 2.30. The average molecular weight is 285 g/mol. The van der Waals surface area contributed by atoms with Crippen molar-refractivity contribution in [3.05, 3.63) is 46.3 Å². The molecule has 1 heterocycles. The second kappa shape index (κ2) is 5.29. The average Bonchev–Trinajstić information content (AvgIpc) is 2.63. The van der Waals surface area contributed by atoms with E-state index in [0.29, 0.717) is 5.56 Å². The summed E-state index contributed by atoms with van der Waals surface area (Å²) < 4.78 is 29.4. The molecule has 2 aromatic rings. The van der Waals surface area contributed by atoms with Crippen LogP contribution >= 0.6 is 11.6 Å². The van der Waals surface area contributed by atoms with Gasteiger partial charge in [-0.15, -0.1) is 11.6 Å². The fraction of sp³-hybridized carbons (Fsp3) is 0.357. The molecular weight excluding hydrogens is 270 g/mol.